The number of carbonyl (C=O) groups is 5. The molecule has 0 aromatic rings. The normalized spacial score (nSPS) is 29.0. The molecule has 4 rings (SSSR count). The number of ketones is 1. The van der Waals surface area contributed by atoms with E-state index in [1.54, 1.807) is 4.90 Å². The summed E-state index contributed by atoms with van der Waals surface area (Å²) in [7, 11) is 0. The molecule has 3 aliphatic carbocycles. The van der Waals surface area contributed by atoms with E-state index in [0.717, 1.165) is 25.7 Å². The van der Waals surface area contributed by atoms with Gasteiger partial charge in [0.05, 0.1) is 6.04 Å². The van der Waals surface area contributed by atoms with Crippen molar-refractivity contribution in [3.8, 4) is 0 Å². The van der Waals surface area contributed by atoms with E-state index < -0.39 is 41.1 Å². The van der Waals surface area contributed by atoms with Crippen LogP contribution in [0, 0.1) is 34.5 Å². The van der Waals surface area contributed by atoms with Gasteiger partial charge in [-0.05, 0) is 47.8 Å². The SMILES string of the molecule is CC(C)(C)[C@H](NC(=O)C1CC1)C(=O)N1C[C@H]2[C@@H]([C@H]1C(=O)NC(CC1CC1)C(=O)C(N)=O)C2(C)C. The molecule has 1 aliphatic heterocycles. The number of hydrogen-bond donors (Lipinski definition) is 3. The molecule has 0 spiro atoms. The molecule has 34 heavy (non-hydrogen) atoms. The van der Waals surface area contributed by atoms with Gasteiger partial charge >= 0.3 is 0 Å². The van der Waals surface area contributed by atoms with Gasteiger partial charge in [0.25, 0.3) is 5.91 Å². The zero-order valence-electron chi connectivity index (χ0n) is 20.8. The summed E-state index contributed by atoms with van der Waals surface area (Å²) in [5.74, 6) is -2.29. The smallest absolute Gasteiger partial charge is 0.287 e. The molecule has 1 heterocycles. The van der Waals surface area contributed by atoms with Gasteiger partial charge in [-0.2, -0.15) is 0 Å². The molecule has 1 unspecified atom stereocenters. The number of piperidine rings is 1. The van der Waals surface area contributed by atoms with Crippen molar-refractivity contribution in [2.45, 2.75) is 84.8 Å². The third-order valence-corrected chi connectivity index (χ3v) is 8.25. The number of nitrogens with one attached hydrogen (secondary N) is 2. The topological polar surface area (TPSA) is 139 Å². The zero-order valence-corrected chi connectivity index (χ0v) is 20.8. The summed E-state index contributed by atoms with van der Waals surface area (Å²) in [4.78, 5) is 65.4. The van der Waals surface area contributed by atoms with Crippen molar-refractivity contribution >= 4 is 29.4 Å². The van der Waals surface area contributed by atoms with Crippen molar-refractivity contribution in [1.29, 1.82) is 0 Å². The summed E-state index contributed by atoms with van der Waals surface area (Å²) < 4.78 is 0. The minimum Gasteiger partial charge on any atom is -0.363 e. The van der Waals surface area contributed by atoms with Gasteiger partial charge in [0.15, 0.2) is 0 Å². The van der Waals surface area contributed by atoms with E-state index >= 15 is 0 Å². The van der Waals surface area contributed by atoms with Crippen molar-refractivity contribution < 1.29 is 24.0 Å². The molecule has 0 aromatic heterocycles. The first-order chi connectivity index (χ1) is 15.7. The largest absolute Gasteiger partial charge is 0.363 e. The van der Waals surface area contributed by atoms with Gasteiger partial charge in [0.1, 0.15) is 12.1 Å². The number of Topliss-reactive ketones (excluding diaryl/α,β-unsaturated/α-hetero) is 1. The van der Waals surface area contributed by atoms with E-state index in [2.05, 4.69) is 24.5 Å². The van der Waals surface area contributed by atoms with Crippen LogP contribution in [-0.4, -0.2) is 59.0 Å². The van der Waals surface area contributed by atoms with Crippen LogP contribution >= 0.6 is 0 Å². The van der Waals surface area contributed by atoms with E-state index in [1.807, 2.05) is 20.8 Å². The van der Waals surface area contributed by atoms with Crippen molar-refractivity contribution in [2.24, 2.45) is 40.2 Å². The Labute approximate surface area is 200 Å². The lowest BCUT2D eigenvalue weighted by molar-refractivity contribution is -0.146. The van der Waals surface area contributed by atoms with Crippen LogP contribution in [0.15, 0.2) is 0 Å². The first kappa shape index (κ1) is 24.7. The molecule has 188 valence electrons. The Balaban J connectivity index is 1.55. The van der Waals surface area contributed by atoms with Gasteiger partial charge < -0.3 is 21.3 Å². The first-order valence-corrected chi connectivity index (χ1v) is 12.5. The van der Waals surface area contributed by atoms with Crippen LogP contribution in [0.2, 0.25) is 0 Å². The maximum Gasteiger partial charge on any atom is 0.287 e. The molecule has 4 N–H and O–H groups in total. The third kappa shape index (κ3) is 4.70. The fraction of sp³-hybridized carbons (Fsp3) is 0.800. The fourth-order valence-corrected chi connectivity index (χ4v) is 5.58. The second-order valence-electron chi connectivity index (χ2n) is 12.4. The van der Waals surface area contributed by atoms with Gasteiger partial charge in [-0.1, -0.05) is 47.5 Å². The summed E-state index contributed by atoms with van der Waals surface area (Å²) >= 11 is 0. The highest BCUT2D eigenvalue weighted by Gasteiger charge is 2.70. The molecule has 1 saturated heterocycles. The number of likely N-dealkylation sites (tertiary alicyclic amines) is 1. The first-order valence-electron chi connectivity index (χ1n) is 12.5. The predicted molar refractivity (Wildman–Crippen MR) is 124 cm³/mol. The quantitative estimate of drug-likeness (QED) is 0.423. The molecule has 0 aromatic carbocycles. The molecule has 9 heteroatoms. The maximum absolute atomic E-state index is 13.8. The predicted octanol–water partition coefficient (Wildman–Crippen LogP) is 0.750. The Hall–Kier alpha value is -2.45. The van der Waals surface area contributed by atoms with Crippen LogP contribution < -0.4 is 16.4 Å². The Morgan fingerprint density at radius 2 is 1.62 bits per heavy atom. The minimum absolute atomic E-state index is 0.0364. The second-order valence-corrected chi connectivity index (χ2v) is 12.4. The Kier molecular flexibility index (Phi) is 6.05. The molecule has 4 fully saturated rings. The number of primary amides is 1. The second kappa shape index (κ2) is 8.34. The Morgan fingerprint density at radius 1 is 1.00 bits per heavy atom. The van der Waals surface area contributed by atoms with Crippen LogP contribution in [0.5, 0.6) is 0 Å². The van der Waals surface area contributed by atoms with E-state index in [-0.39, 0.29) is 35.0 Å². The average molecular weight is 475 g/mol. The molecule has 0 radical (unpaired) electrons. The molecule has 4 amide bonds. The zero-order chi connectivity index (χ0) is 25.2. The molecule has 0 bridgehead atoms. The molecule has 9 nitrogen and oxygen atoms in total. The lowest BCUT2D eigenvalue weighted by atomic mass is 9.85. The maximum atomic E-state index is 13.8. The molecular weight excluding hydrogens is 436 g/mol. The number of fused-ring (bicyclic) bond motifs is 1. The van der Waals surface area contributed by atoms with Crippen molar-refractivity contribution in [3.05, 3.63) is 0 Å². The minimum atomic E-state index is -1.06. The van der Waals surface area contributed by atoms with Gasteiger partial charge in [0.2, 0.25) is 23.5 Å². The van der Waals surface area contributed by atoms with Gasteiger partial charge in [-0.25, -0.2) is 0 Å². The number of amides is 4. The lowest BCUT2D eigenvalue weighted by Crippen LogP contribution is -2.60. The molecule has 3 saturated carbocycles. The summed E-state index contributed by atoms with van der Waals surface area (Å²) in [6.07, 6.45) is 3.96. The molecule has 5 atom stereocenters. The van der Waals surface area contributed by atoms with E-state index in [4.69, 9.17) is 5.73 Å². The van der Waals surface area contributed by atoms with Gasteiger partial charge in [-0.3, -0.25) is 24.0 Å². The van der Waals surface area contributed by atoms with Crippen molar-refractivity contribution in [3.63, 3.8) is 0 Å². The van der Waals surface area contributed by atoms with Crippen LogP contribution in [0.3, 0.4) is 0 Å². The fourth-order valence-electron chi connectivity index (χ4n) is 5.58. The highest BCUT2D eigenvalue weighted by molar-refractivity contribution is 6.37. The summed E-state index contributed by atoms with van der Waals surface area (Å²) in [6.45, 7) is 10.3. The van der Waals surface area contributed by atoms with Gasteiger partial charge in [0, 0.05) is 12.5 Å². The van der Waals surface area contributed by atoms with Crippen molar-refractivity contribution in [2.75, 3.05) is 6.54 Å². The Morgan fingerprint density at radius 3 is 2.12 bits per heavy atom. The number of hydrogen-bond acceptors (Lipinski definition) is 5. The number of rotatable bonds is 9. The highest BCUT2D eigenvalue weighted by atomic mass is 16.2. The van der Waals surface area contributed by atoms with E-state index in [9.17, 15) is 24.0 Å². The highest BCUT2D eigenvalue weighted by Crippen LogP contribution is 2.65. The van der Waals surface area contributed by atoms with Crippen LogP contribution in [0.4, 0.5) is 0 Å². The van der Waals surface area contributed by atoms with Crippen LogP contribution in [-0.2, 0) is 24.0 Å². The monoisotopic (exact) mass is 474 g/mol. The Bertz CT molecular complexity index is 915. The third-order valence-electron chi connectivity index (χ3n) is 8.25. The number of carbonyl (C=O) groups excluding carboxylic acids is 5. The van der Waals surface area contributed by atoms with E-state index in [0.29, 0.717) is 18.9 Å². The van der Waals surface area contributed by atoms with E-state index in [1.165, 1.54) is 0 Å². The lowest BCUT2D eigenvalue weighted by Gasteiger charge is -2.38. The summed E-state index contributed by atoms with van der Waals surface area (Å²) in [5.41, 5.74) is 4.59. The standard InChI is InChI=1S/C25H38N4O5/c1-24(2,3)19(28-21(32)13-8-9-13)23(34)29-11-14-16(25(14,4)5)17(29)22(33)27-15(10-12-6-7-12)18(30)20(26)31/h12-17,19H,6-11H2,1-5H3,(H2,26,31)(H,27,33)(H,28,32)/t14-,15?,16-,17-,19+/m0/s1. The number of nitrogens with zero attached hydrogens (tertiary/aromatic N) is 1. The average Bonchev–Trinajstić information content (AvgIpc) is 3.66. The van der Waals surface area contributed by atoms with Crippen molar-refractivity contribution in [1.82, 2.24) is 15.5 Å². The van der Waals surface area contributed by atoms with Gasteiger partial charge in [-0.15, -0.1) is 0 Å². The van der Waals surface area contributed by atoms with Crippen LogP contribution in [0.1, 0.15) is 66.7 Å². The summed E-state index contributed by atoms with van der Waals surface area (Å²) in [6, 6.07) is -2.48. The van der Waals surface area contributed by atoms with Crippen LogP contribution in [0.25, 0.3) is 0 Å². The molecular formula is C25H38N4O5. The molecule has 4 aliphatic rings. The summed E-state index contributed by atoms with van der Waals surface area (Å²) in [5, 5.41) is 5.70. The number of nitrogens with two attached hydrogens (primary N) is 1.